The van der Waals surface area contributed by atoms with Gasteiger partial charge in [0.2, 0.25) is 5.91 Å². The molecule has 2 rings (SSSR count). The molecule has 1 fully saturated rings. The molecular formula is C14H15ClN2O3. The second-order valence-corrected chi connectivity index (χ2v) is 4.91. The number of piperazine rings is 1. The zero-order chi connectivity index (χ0) is 14.7. The first-order chi connectivity index (χ1) is 9.50. The van der Waals surface area contributed by atoms with E-state index >= 15 is 0 Å². The maximum Gasteiger partial charge on any atom is 0.328 e. The van der Waals surface area contributed by atoms with Crippen molar-refractivity contribution in [3.05, 3.63) is 34.9 Å². The van der Waals surface area contributed by atoms with Crippen molar-refractivity contribution >= 4 is 35.2 Å². The van der Waals surface area contributed by atoms with Crippen molar-refractivity contribution in [3.8, 4) is 0 Å². The van der Waals surface area contributed by atoms with E-state index in [9.17, 15) is 9.59 Å². The van der Waals surface area contributed by atoms with E-state index in [1.54, 1.807) is 19.1 Å². The van der Waals surface area contributed by atoms with Gasteiger partial charge in [0, 0.05) is 35.4 Å². The lowest BCUT2D eigenvalue weighted by molar-refractivity contribution is -0.131. The third-order valence-electron chi connectivity index (χ3n) is 3.23. The fourth-order valence-electron chi connectivity index (χ4n) is 2.21. The Morgan fingerprint density at radius 1 is 1.55 bits per heavy atom. The molecule has 0 spiro atoms. The number of nitrogens with zero attached hydrogens (tertiary/aromatic N) is 1. The van der Waals surface area contributed by atoms with E-state index in [2.05, 4.69) is 5.32 Å². The zero-order valence-electron chi connectivity index (χ0n) is 11.0. The van der Waals surface area contributed by atoms with Crippen molar-refractivity contribution in [1.82, 2.24) is 5.32 Å². The molecule has 1 aliphatic heterocycles. The average molecular weight is 295 g/mol. The van der Waals surface area contributed by atoms with Gasteiger partial charge in [-0.2, -0.15) is 0 Å². The summed E-state index contributed by atoms with van der Waals surface area (Å²) in [4.78, 5) is 24.3. The molecule has 6 heteroatoms. The van der Waals surface area contributed by atoms with Gasteiger partial charge < -0.3 is 15.3 Å². The summed E-state index contributed by atoms with van der Waals surface area (Å²) in [6.07, 6.45) is 2.50. The molecule has 1 unspecified atom stereocenters. The van der Waals surface area contributed by atoms with Gasteiger partial charge in [-0.3, -0.25) is 4.79 Å². The molecule has 0 bridgehead atoms. The highest BCUT2D eigenvalue weighted by atomic mass is 35.5. The monoisotopic (exact) mass is 294 g/mol. The molecule has 1 aromatic rings. The first-order valence-corrected chi connectivity index (χ1v) is 6.62. The standard InChI is InChI=1S/C14H15ClN2O3/c1-9-14(20)16-7-8-17(9)12-4-2-3-11(15)10(12)5-6-13(18)19/h2-6,9H,7-8H2,1H3,(H,16,20)(H,18,19). The minimum absolute atomic E-state index is 0.0515. The number of carboxylic acid groups (broad SMARTS) is 1. The Hall–Kier alpha value is -2.01. The second kappa shape index (κ2) is 5.96. The Bertz CT molecular complexity index is 572. The van der Waals surface area contributed by atoms with E-state index in [1.807, 2.05) is 11.0 Å². The summed E-state index contributed by atoms with van der Waals surface area (Å²) in [6.45, 7) is 3.01. The molecular weight excluding hydrogens is 280 g/mol. The van der Waals surface area contributed by atoms with Gasteiger partial charge in [-0.25, -0.2) is 4.79 Å². The van der Waals surface area contributed by atoms with Crippen LogP contribution in [0.1, 0.15) is 12.5 Å². The summed E-state index contributed by atoms with van der Waals surface area (Å²) in [5.41, 5.74) is 1.37. The molecule has 1 heterocycles. The van der Waals surface area contributed by atoms with Gasteiger partial charge in [0.1, 0.15) is 6.04 Å². The van der Waals surface area contributed by atoms with Gasteiger partial charge in [0.05, 0.1) is 0 Å². The number of aliphatic carboxylic acids is 1. The van der Waals surface area contributed by atoms with E-state index in [0.29, 0.717) is 23.7 Å². The smallest absolute Gasteiger partial charge is 0.328 e. The number of rotatable bonds is 3. The minimum atomic E-state index is -1.04. The topological polar surface area (TPSA) is 69.6 Å². The SMILES string of the molecule is CC1C(=O)NCCN1c1cccc(Cl)c1C=CC(=O)O. The Kier molecular flexibility index (Phi) is 4.29. The highest BCUT2D eigenvalue weighted by Gasteiger charge is 2.27. The van der Waals surface area contributed by atoms with Crippen LogP contribution in [-0.4, -0.2) is 36.1 Å². The van der Waals surface area contributed by atoms with Crippen LogP contribution >= 0.6 is 11.6 Å². The Labute approximate surface area is 121 Å². The van der Waals surface area contributed by atoms with Crippen LogP contribution in [0.3, 0.4) is 0 Å². The van der Waals surface area contributed by atoms with E-state index in [1.165, 1.54) is 6.08 Å². The number of carbonyl (C=O) groups is 2. The molecule has 1 amide bonds. The lowest BCUT2D eigenvalue weighted by Gasteiger charge is -2.35. The maximum absolute atomic E-state index is 11.7. The van der Waals surface area contributed by atoms with Gasteiger partial charge in [-0.15, -0.1) is 0 Å². The lowest BCUT2D eigenvalue weighted by Crippen LogP contribution is -2.54. The van der Waals surface area contributed by atoms with Gasteiger partial charge in [-0.1, -0.05) is 17.7 Å². The Morgan fingerprint density at radius 2 is 2.30 bits per heavy atom. The summed E-state index contributed by atoms with van der Waals surface area (Å²) in [5.74, 6) is -1.09. The van der Waals surface area contributed by atoms with Crippen molar-refractivity contribution in [2.24, 2.45) is 0 Å². The number of carboxylic acids is 1. The number of amides is 1. The number of carbonyl (C=O) groups excluding carboxylic acids is 1. The predicted molar refractivity (Wildman–Crippen MR) is 77.9 cm³/mol. The number of halogens is 1. The molecule has 0 saturated carbocycles. The van der Waals surface area contributed by atoms with E-state index in [-0.39, 0.29) is 11.9 Å². The highest BCUT2D eigenvalue weighted by Crippen LogP contribution is 2.30. The fourth-order valence-corrected chi connectivity index (χ4v) is 2.44. The summed E-state index contributed by atoms with van der Waals surface area (Å²) in [5, 5.41) is 12.0. The Morgan fingerprint density at radius 3 is 3.00 bits per heavy atom. The molecule has 20 heavy (non-hydrogen) atoms. The average Bonchev–Trinajstić information content (AvgIpc) is 2.40. The number of benzene rings is 1. The summed E-state index contributed by atoms with van der Waals surface area (Å²) >= 11 is 6.14. The van der Waals surface area contributed by atoms with Crippen LogP contribution in [0, 0.1) is 0 Å². The van der Waals surface area contributed by atoms with Crippen molar-refractivity contribution in [2.45, 2.75) is 13.0 Å². The summed E-state index contributed by atoms with van der Waals surface area (Å²) in [7, 11) is 0. The molecule has 1 aliphatic rings. The third kappa shape index (κ3) is 2.93. The quantitative estimate of drug-likeness (QED) is 0.834. The normalized spacial score (nSPS) is 19.2. The fraction of sp³-hybridized carbons (Fsp3) is 0.286. The van der Waals surface area contributed by atoms with Crippen molar-refractivity contribution < 1.29 is 14.7 Å². The third-order valence-corrected chi connectivity index (χ3v) is 3.56. The molecule has 0 radical (unpaired) electrons. The van der Waals surface area contributed by atoms with Gasteiger partial charge in [-0.05, 0) is 25.1 Å². The van der Waals surface area contributed by atoms with Crippen LogP contribution < -0.4 is 10.2 Å². The first kappa shape index (κ1) is 14.4. The van der Waals surface area contributed by atoms with Crippen LogP contribution in [0.4, 0.5) is 5.69 Å². The van der Waals surface area contributed by atoms with Gasteiger partial charge >= 0.3 is 5.97 Å². The molecule has 1 aromatic carbocycles. The van der Waals surface area contributed by atoms with Gasteiger partial charge in [0.15, 0.2) is 0 Å². The van der Waals surface area contributed by atoms with Crippen LogP contribution in [-0.2, 0) is 9.59 Å². The molecule has 0 aliphatic carbocycles. The van der Waals surface area contributed by atoms with Crippen LogP contribution in [0.2, 0.25) is 5.02 Å². The van der Waals surface area contributed by atoms with Crippen LogP contribution in [0.5, 0.6) is 0 Å². The molecule has 1 atom stereocenters. The largest absolute Gasteiger partial charge is 0.478 e. The maximum atomic E-state index is 11.7. The highest BCUT2D eigenvalue weighted by molar-refractivity contribution is 6.32. The predicted octanol–water partition coefficient (Wildman–Crippen LogP) is 1.76. The number of hydrogen-bond donors (Lipinski definition) is 2. The number of nitrogens with one attached hydrogen (secondary N) is 1. The van der Waals surface area contributed by atoms with E-state index in [4.69, 9.17) is 16.7 Å². The Balaban J connectivity index is 2.43. The first-order valence-electron chi connectivity index (χ1n) is 6.24. The zero-order valence-corrected chi connectivity index (χ0v) is 11.7. The number of anilines is 1. The summed E-state index contributed by atoms with van der Waals surface area (Å²) in [6, 6.07) is 5.00. The second-order valence-electron chi connectivity index (χ2n) is 4.50. The number of hydrogen-bond acceptors (Lipinski definition) is 3. The van der Waals surface area contributed by atoms with Crippen LogP contribution in [0.15, 0.2) is 24.3 Å². The molecule has 2 N–H and O–H groups in total. The lowest BCUT2D eigenvalue weighted by atomic mass is 10.1. The van der Waals surface area contributed by atoms with Crippen LogP contribution in [0.25, 0.3) is 6.08 Å². The molecule has 1 saturated heterocycles. The van der Waals surface area contributed by atoms with Crippen molar-refractivity contribution in [2.75, 3.05) is 18.0 Å². The van der Waals surface area contributed by atoms with E-state index < -0.39 is 5.97 Å². The molecule has 0 aromatic heterocycles. The van der Waals surface area contributed by atoms with E-state index in [0.717, 1.165) is 11.8 Å². The minimum Gasteiger partial charge on any atom is -0.478 e. The summed E-state index contributed by atoms with van der Waals surface area (Å²) < 4.78 is 0. The van der Waals surface area contributed by atoms with Crippen molar-refractivity contribution in [1.29, 1.82) is 0 Å². The molecule has 5 nitrogen and oxygen atoms in total. The van der Waals surface area contributed by atoms with Gasteiger partial charge in [0.25, 0.3) is 0 Å². The molecule has 106 valence electrons. The van der Waals surface area contributed by atoms with Crippen molar-refractivity contribution in [3.63, 3.8) is 0 Å².